The molecule has 29 heavy (non-hydrogen) atoms. The van der Waals surface area contributed by atoms with Gasteiger partial charge < -0.3 is 9.47 Å². The van der Waals surface area contributed by atoms with Gasteiger partial charge in [-0.1, -0.05) is 87.1 Å². The van der Waals surface area contributed by atoms with Gasteiger partial charge in [0.25, 0.3) is 0 Å². The Hall–Kier alpha value is -1.17. The van der Waals surface area contributed by atoms with E-state index in [0.717, 1.165) is 26.7 Å². The minimum atomic E-state index is -1.71. The largest absolute Gasteiger partial charge is 0.497 e. The highest BCUT2D eigenvalue weighted by Crippen LogP contribution is 2.52. The van der Waals surface area contributed by atoms with Gasteiger partial charge in [0.15, 0.2) is 0 Å². The number of alkyl halides is 3. The zero-order valence-electron chi connectivity index (χ0n) is 15.7. The van der Waals surface area contributed by atoms with Crippen LogP contribution in [0.1, 0.15) is 11.1 Å². The molecule has 0 N–H and O–H groups in total. The normalized spacial score (nSPS) is 13.6. The fourth-order valence-electron chi connectivity index (χ4n) is 3.19. The van der Waals surface area contributed by atoms with Crippen molar-refractivity contribution in [1.29, 1.82) is 0 Å². The predicted molar refractivity (Wildman–Crippen MR) is 126 cm³/mol. The van der Waals surface area contributed by atoms with Gasteiger partial charge in [0.05, 0.1) is 29.5 Å². The van der Waals surface area contributed by atoms with Crippen molar-refractivity contribution < 1.29 is 9.47 Å². The van der Waals surface area contributed by atoms with Crippen molar-refractivity contribution in [2.24, 2.45) is 0 Å². The minimum Gasteiger partial charge on any atom is -0.497 e. The number of hydrogen-bond donors (Lipinski definition) is 0. The number of halogens is 4. The van der Waals surface area contributed by atoms with Crippen molar-refractivity contribution in [2.45, 2.75) is 8.83 Å². The van der Waals surface area contributed by atoms with E-state index < -0.39 is 8.83 Å². The average Bonchev–Trinajstić information content (AvgIpc) is 2.72. The molecule has 0 fully saturated rings. The molecule has 7 heteroatoms. The monoisotopic (exact) mass is 525 g/mol. The number of rotatable bonds is 5. The van der Waals surface area contributed by atoms with E-state index in [4.69, 9.17) is 44.3 Å². The van der Waals surface area contributed by atoms with Crippen LogP contribution >= 0.6 is 50.7 Å². The Bertz CT molecular complexity index is 1010. The van der Waals surface area contributed by atoms with Crippen molar-refractivity contribution in [3.63, 3.8) is 0 Å². The van der Waals surface area contributed by atoms with Gasteiger partial charge in [0, 0.05) is 4.47 Å². The van der Waals surface area contributed by atoms with E-state index in [1.807, 2.05) is 66.7 Å². The number of benzene rings is 3. The van der Waals surface area contributed by atoms with Crippen molar-refractivity contribution in [1.82, 2.24) is 0 Å². The minimum absolute atomic E-state index is 0.701. The molecule has 3 aromatic rings. The maximum Gasteiger partial charge on any atom is 0.200 e. The molecule has 0 aliphatic rings. The molecule has 0 bridgehead atoms. The van der Waals surface area contributed by atoms with Gasteiger partial charge in [-0.3, -0.25) is 0 Å². The summed E-state index contributed by atoms with van der Waals surface area (Å²) in [6.07, 6.45) is 0. The Morgan fingerprint density at radius 3 is 1.93 bits per heavy atom. The zero-order valence-corrected chi connectivity index (χ0v) is 20.5. The lowest BCUT2D eigenvalue weighted by Gasteiger charge is -2.39. The predicted octanol–water partition coefficient (Wildman–Crippen LogP) is 6.92. The van der Waals surface area contributed by atoms with E-state index in [1.54, 1.807) is 14.2 Å². The molecule has 3 radical (unpaired) electrons. The molecule has 1 atom stereocenters. The van der Waals surface area contributed by atoms with Gasteiger partial charge in [-0.2, -0.15) is 0 Å². The molecule has 0 aliphatic carbocycles. The highest BCUT2D eigenvalue weighted by molar-refractivity contribution is 9.10. The first kappa shape index (κ1) is 22.5. The van der Waals surface area contributed by atoms with Crippen molar-refractivity contribution in [3.8, 4) is 22.6 Å². The van der Waals surface area contributed by atoms with Gasteiger partial charge in [0.2, 0.25) is 3.79 Å². The molecular weight excluding hydrogens is 511 g/mol. The topological polar surface area (TPSA) is 18.5 Å². The standard InChI is InChI=1S/C22H17BrCl3O2Si/c1-27-15-9-7-14(8-10-15)21(29,22(24,25)26)19-12-11-16(28-2)13-18(19)17-5-3-4-6-20(17)23/h3-13H,1-2H3. The summed E-state index contributed by atoms with van der Waals surface area (Å²) in [4.78, 5) is 0. The van der Waals surface area contributed by atoms with Crippen molar-refractivity contribution in [3.05, 3.63) is 82.3 Å². The molecule has 3 rings (SSSR count). The van der Waals surface area contributed by atoms with Crippen LogP contribution in [0, 0.1) is 0 Å². The van der Waals surface area contributed by atoms with Gasteiger partial charge >= 0.3 is 0 Å². The fourth-order valence-corrected chi connectivity index (χ4v) is 4.71. The fraction of sp³-hybridized carbons (Fsp3) is 0.182. The van der Waals surface area contributed by atoms with Crippen molar-refractivity contribution in [2.75, 3.05) is 14.2 Å². The third kappa shape index (κ3) is 4.33. The molecule has 0 spiro atoms. The summed E-state index contributed by atoms with van der Waals surface area (Å²) in [6, 6.07) is 21.0. The zero-order chi connectivity index (χ0) is 21.2. The Kier molecular flexibility index (Phi) is 6.91. The van der Waals surface area contributed by atoms with Crippen molar-refractivity contribution >= 4 is 61.0 Å². The van der Waals surface area contributed by atoms with E-state index in [0.29, 0.717) is 11.5 Å². The number of hydrogen-bond acceptors (Lipinski definition) is 2. The molecule has 0 amide bonds. The summed E-state index contributed by atoms with van der Waals surface area (Å²) in [5, 5.41) is -1.14. The molecule has 0 aromatic heterocycles. The van der Waals surface area contributed by atoms with Crippen LogP contribution in [-0.2, 0) is 5.04 Å². The summed E-state index contributed by atoms with van der Waals surface area (Å²) in [7, 11) is 7.10. The van der Waals surface area contributed by atoms with E-state index in [2.05, 4.69) is 26.2 Å². The quantitative estimate of drug-likeness (QED) is 0.265. The highest BCUT2D eigenvalue weighted by atomic mass is 79.9. The maximum absolute atomic E-state index is 6.56. The number of ether oxygens (including phenoxy) is 2. The molecule has 149 valence electrons. The Morgan fingerprint density at radius 1 is 0.793 bits per heavy atom. The maximum atomic E-state index is 6.56. The molecule has 0 aliphatic heterocycles. The SMILES string of the molecule is COc1ccc(C([Si])(c2ccc(OC)cc2-c2ccccc2Br)C(Cl)(Cl)Cl)cc1. The first-order valence-electron chi connectivity index (χ1n) is 8.62. The van der Waals surface area contributed by atoms with Crippen LogP contribution < -0.4 is 9.47 Å². The molecular formula is C22H17BrCl3O2Si. The Labute approximate surface area is 197 Å². The lowest BCUT2D eigenvalue weighted by atomic mass is 9.85. The van der Waals surface area contributed by atoms with E-state index in [9.17, 15) is 0 Å². The summed E-state index contributed by atoms with van der Waals surface area (Å²) in [5.41, 5.74) is 3.38. The molecule has 0 saturated heterocycles. The lowest BCUT2D eigenvalue weighted by molar-refractivity contribution is 0.414. The summed E-state index contributed by atoms with van der Waals surface area (Å²) >= 11 is 23.3. The first-order chi connectivity index (χ1) is 13.7. The van der Waals surface area contributed by atoms with E-state index in [1.165, 1.54) is 0 Å². The molecule has 0 saturated carbocycles. The Balaban J connectivity index is 2.33. The lowest BCUT2D eigenvalue weighted by Crippen LogP contribution is -2.42. The summed E-state index contributed by atoms with van der Waals surface area (Å²) in [5.74, 6) is 1.42. The van der Waals surface area contributed by atoms with Gasteiger partial charge in [-0.05, 0) is 52.6 Å². The molecule has 0 heterocycles. The third-order valence-electron chi connectivity index (χ3n) is 4.74. The van der Waals surface area contributed by atoms with E-state index >= 15 is 0 Å². The van der Waals surface area contributed by atoms with Crippen LogP contribution in [0.25, 0.3) is 11.1 Å². The second-order valence-electron chi connectivity index (χ2n) is 6.37. The molecule has 3 aromatic carbocycles. The first-order valence-corrected chi connectivity index (χ1v) is 11.0. The average molecular weight is 528 g/mol. The van der Waals surface area contributed by atoms with Crippen LogP contribution in [0.15, 0.2) is 71.2 Å². The van der Waals surface area contributed by atoms with Crippen LogP contribution in [0.4, 0.5) is 0 Å². The second-order valence-corrected chi connectivity index (χ2v) is 10.3. The highest BCUT2D eigenvalue weighted by Gasteiger charge is 2.48. The van der Waals surface area contributed by atoms with Crippen LogP contribution in [0.3, 0.4) is 0 Å². The van der Waals surface area contributed by atoms with Crippen LogP contribution in [0.5, 0.6) is 11.5 Å². The summed E-state index contributed by atoms with van der Waals surface area (Å²) < 4.78 is 9.95. The van der Waals surface area contributed by atoms with Gasteiger partial charge in [0.1, 0.15) is 11.5 Å². The van der Waals surface area contributed by atoms with Gasteiger partial charge in [-0.25, -0.2) is 0 Å². The Morgan fingerprint density at radius 2 is 1.38 bits per heavy atom. The summed E-state index contributed by atoms with van der Waals surface area (Å²) in [6.45, 7) is 0. The smallest absolute Gasteiger partial charge is 0.200 e. The molecule has 2 nitrogen and oxygen atoms in total. The van der Waals surface area contributed by atoms with Gasteiger partial charge in [-0.15, -0.1) is 0 Å². The van der Waals surface area contributed by atoms with E-state index in [-0.39, 0.29) is 0 Å². The second kappa shape index (κ2) is 8.91. The number of methoxy groups -OCH3 is 2. The third-order valence-corrected chi connectivity index (χ3v) is 7.69. The van der Waals surface area contributed by atoms with Crippen LogP contribution in [-0.4, -0.2) is 28.3 Å². The van der Waals surface area contributed by atoms with Crippen LogP contribution in [0.2, 0.25) is 0 Å². The molecule has 1 unspecified atom stereocenters.